The van der Waals surface area contributed by atoms with Gasteiger partial charge in [0.05, 0.1) is 5.69 Å². The van der Waals surface area contributed by atoms with Crippen molar-refractivity contribution in [3.63, 3.8) is 0 Å². The summed E-state index contributed by atoms with van der Waals surface area (Å²) in [6.07, 6.45) is 7.75. The largest absolute Gasteiger partial charge is 0.316 e. The first-order valence-electron chi connectivity index (χ1n) is 6.93. The van der Waals surface area contributed by atoms with Crippen LogP contribution >= 0.6 is 0 Å². The maximum atomic E-state index is 4.53. The molecule has 1 N–H and O–H groups in total. The molecule has 1 atom stereocenters. The third-order valence-corrected chi connectivity index (χ3v) is 4.16. The second-order valence-electron chi connectivity index (χ2n) is 5.25. The van der Waals surface area contributed by atoms with Crippen LogP contribution in [-0.4, -0.2) is 22.9 Å². The maximum absolute atomic E-state index is 4.53. The Morgan fingerprint density at radius 3 is 2.71 bits per heavy atom. The van der Waals surface area contributed by atoms with Gasteiger partial charge in [0.2, 0.25) is 0 Å². The molecule has 1 heterocycles. The first-order valence-corrected chi connectivity index (χ1v) is 6.93. The molecule has 1 fully saturated rings. The molecule has 0 spiro atoms. The molecule has 1 unspecified atom stereocenters. The van der Waals surface area contributed by atoms with Crippen LogP contribution in [0.2, 0.25) is 0 Å². The van der Waals surface area contributed by atoms with Gasteiger partial charge in [-0.15, -0.1) is 0 Å². The molecule has 1 aromatic heterocycles. The first-order chi connectivity index (χ1) is 8.24. The average Bonchev–Trinajstić information content (AvgIpc) is 2.96. The molecule has 0 radical (unpaired) electrons. The Kier molecular flexibility index (Phi) is 4.21. The lowest BCUT2D eigenvalue weighted by Crippen LogP contribution is -2.34. The smallest absolute Gasteiger partial charge is 0.0624 e. The van der Waals surface area contributed by atoms with Gasteiger partial charge < -0.3 is 5.32 Å². The van der Waals surface area contributed by atoms with Crippen molar-refractivity contribution in [1.82, 2.24) is 15.1 Å². The molecule has 1 aliphatic rings. The fraction of sp³-hybridized carbons (Fsp3) is 0.786. The van der Waals surface area contributed by atoms with E-state index in [1.165, 1.54) is 37.1 Å². The molecule has 0 aliphatic heterocycles. The van der Waals surface area contributed by atoms with Crippen LogP contribution in [0.4, 0.5) is 0 Å². The predicted molar refractivity (Wildman–Crippen MR) is 71.1 cm³/mol. The van der Waals surface area contributed by atoms with Crippen LogP contribution in [0.25, 0.3) is 0 Å². The average molecular weight is 235 g/mol. The van der Waals surface area contributed by atoms with Crippen LogP contribution in [0.5, 0.6) is 0 Å². The van der Waals surface area contributed by atoms with Gasteiger partial charge >= 0.3 is 0 Å². The summed E-state index contributed by atoms with van der Waals surface area (Å²) in [6, 6.07) is 2.89. The van der Waals surface area contributed by atoms with E-state index < -0.39 is 0 Å². The number of likely N-dealkylation sites (N-methyl/N-ethyl adjacent to an activating group) is 1. The first kappa shape index (κ1) is 12.6. The van der Waals surface area contributed by atoms with Crippen LogP contribution in [0.3, 0.4) is 0 Å². The summed E-state index contributed by atoms with van der Waals surface area (Å²) in [4.78, 5) is 0. The second kappa shape index (κ2) is 5.67. The third kappa shape index (κ3) is 2.89. The summed E-state index contributed by atoms with van der Waals surface area (Å²) >= 11 is 0. The van der Waals surface area contributed by atoms with Gasteiger partial charge in [-0.1, -0.05) is 19.8 Å². The van der Waals surface area contributed by atoms with E-state index in [4.69, 9.17) is 0 Å². The van der Waals surface area contributed by atoms with Gasteiger partial charge in [0.15, 0.2) is 0 Å². The molecule has 0 saturated heterocycles. The Morgan fingerprint density at radius 1 is 1.47 bits per heavy atom. The van der Waals surface area contributed by atoms with Crippen LogP contribution in [0.1, 0.15) is 44.0 Å². The molecule has 0 bridgehead atoms. The van der Waals surface area contributed by atoms with Gasteiger partial charge in [-0.25, -0.2) is 0 Å². The lowest BCUT2D eigenvalue weighted by Gasteiger charge is -2.22. The zero-order valence-corrected chi connectivity index (χ0v) is 11.4. The second-order valence-corrected chi connectivity index (χ2v) is 5.25. The number of nitrogens with one attached hydrogen (secondary N) is 1. The summed E-state index contributed by atoms with van der Waals surface area (Å²) in [5, 5.41) is 8.04. The lowest BCUT2D eigenvalue weighted by atomic mass is 9.94. The molecule has 1 saturated carbocycles. The summed E-state index contributed by atoms with van der Waals surface area (Å²) in [5.74, 6) is 0.861. The van der Waals surface area contributed by atoms with Gasteiger partial charge in [-0.2, -0.15) is 5.10 Å². The Bertz CT molecular complexity index is 350. The van der Waals surface area contributed by atoms with Crippen molar-refractivity contribution in [3.8, 4) is 0 Å². The van der Waals surface area contributed by atoms with Crippen LogP contribution < -0.4 is 5.32 Å². The van der Waals surface area contributed by atoms with Gasteiger partial charge in [-0.05, 0) is 38.3 Å². The number of aryl methyl sites for hydroxylation is 2. The monoisotopic (exact) mass is 235 g/mol. The Balaban J connectivity index is 2.03. The molecule has 1 aliphatic carbocycles. The minimum atomic E-state index is 0.623. The quantitative estimate of drug-likeness (QED) is 0.848. The minimum Gasteiger partial charge on any atom is -0.316 e. The van der Waals surface area contributed by atoms with Crippen LogP contribution in [0.15, 0.2) is 6.07 Å². The van der Waals surface area contributed by atoms with E-state index in [-0.39, 0.29) is 0 Å². The van der Waals surface area contributed by atoms with Crippen molar-refractivity contribution in [2.45, 2.75) is 51.5 Å². The highest BCUT2D eigenvalue weighted by Gasteiger charge is 2.24. The van der Waals surface area contributed by atoms with E-state index in [9.17, 15) is 0 Å². The number of aromatic nitrogens is 2. The number of hydrogen-bond donors (Lipinski definition) is 1. The summed E-state index contributed by atoms with van der Waals surface area (Å²) in [7, 11) is 4.16. The van der Waals surface area contributed by atoms with E-state index in [1.807, 2.05) is 0 Å². The van der Waals surface area contributed by atoms with Crippen molar-refractivity contribution in [2.75, 3.05) is 7.05 Å². The topological polar surface area (TPSA) is 29.9 Å². The fourth-order valence-corrected chi connectivity index (χ4v) is 3.02. The molecular formula is C14H25N3. The van der Waals surface area contributed by atoms with Crippen molar-refractivity contribution in [2.24, 2.45) is 13.0 Å². The molecule has 1 aromatic rings. The molecule has 3 nitrogen and oxygen atoms in total. The number of rotatable bonds is 5. The molecule has 17 heavy (non-hydrogen) atoms. The minimum absolute atomic E-state index is 0.623. The Morgan fingerprint density at radius 2 is 2.18 bits per heavy atom. The number of hydrogen-bond acceptors (Lipinski definition) is 2. The van der Waals surface area contributed by atoms with Crippen molar-refractivity contribution >= 4 is 0 Å². The van der Waals surface area contributed by atoms with Gasteiger partial charge in [0.1, 0.15) is 0 Å². The van der Waals surface area contributed by atoms with E-state index in [2.05, 4.69) is 42.2 Å². The zero-order chi connectivity index (χ0) is 12.3. The molecule has 2 rings (SSSR count). The SMILES string of the molecule is CCc1cc(CC(NC)C2CCCC2)n(C)n1. The van der Waals surface area contributed by atoms with Crippen molar-refractivity contribution in [3.05, 3.63) is 17.5 Å². The summed E-state index contributed by atoms with van der Waals surface area (Å²) in [6.45, 7) is 2.17. The van der Waals surface area contributed by atoms with E-state index in [0.29, 0.717) is 6.04 Å². The standard InChI is InChI=1S/C14H25N3/c1-4-12-9-13(17(3)16-12)10-14(15-2)11-7-5-6-8-11/h9,11,14-15H,4-8,10H2,1-3H3. The van der Waals surface area contributed by atoms with Crippen molar-refractivity contribution in [1.29, 1.82) is 0 Å². The zero-order valence-electron chi connectivity index (χ0n) is 11.4. The predicted octanol–water partition coefficient (Wildman–Crippen LogP) is 2.30. The summed E-state index contributed by atoms with van der Waals surface area (Å²) < 4.78 is 2.05. The van der Waals surface area contributed by atoms with Gasteiger partial charge in [-0.3, -0.25) is 4.68 Å². The van der Waals surface area contributed by atoms with Crippen LogP contribution in [-0.2, 0) is 19.9 Å². The highest BCUT2D eigenvalue weighted by molar-refractivity contribution is 5.12. The van der Waals surface area contributed by atoms with E-state index in [0.717, 1.165) is 18.8 Å². The fourth-order valence-electron chi connectivity index (χ4n) is 3.02. The maximum Gasteiger partial charge on any atom is 0.0624 e. The molecular weight excluding hydrogens is 210 g/mol. The van der Waals surface area contributed by atoms with Gasteiger partial charge in [0.25, 0.3) is 0 Å². The normalized spacial score (nSPS) is 18.8. The Hall–Kier alpha value is -0.830. The highest BCUT2D eigenvalue weighted by atomic mass is 15.3. The molecule has 96 valence electrons. The van der Waals surface area contributed by atoms with E-state index in [1.54, 1.807) is 0 Å². The molecule has 3 heteroatoms. The van der Waals surface area contributed by atoms with Crippen LogP contribution in [0, 0.1) is 5.92 Å². The highest BCUT2D eigenvalue weighted by Crippen LogP contribution is 2.29. The third-order valence-electron chi connectivity index (χ3n) is 4.16. The van der Waals surface area contributed by atoms with Crippen molar-refractivity contribution < 1.29 is 0 Å². The molecule has 0 amide bonds. The number of nitrogens with zero attached hydrogens (tertiary/aromatic N) is 2. The molecule has 0 aromatic carbocycles. The van der Waals surface area contributed by atoms with E-state index >= 15 is 0 Å². The summed E-state index contributed by atoms with van der Waals surface area (Å²) in [5.41, 5.74) is 2.58. The lowest BCUT2D eigenvalue weighted by molar-refractivity contribution is 0.371. The Labute approximate surface area is 105 Å². The van der Waals surface area contributed by atoms with Gasteiger partial charge in [0, 0.05) is 25.2 Å².